The number of benzene rings is 2. The Hall–Kier alpha value is -4.00. The normalized spacial score (nSPS) is 15.6. The van der Waals surface area contributed by atoms with Crippen molar-refractivity contribution in [3.05, 3.63) is 130 Å². The van der Waals surface area contributed by atoms with Gasteiger partial charge in [0.2, 0.25) is 0 Å². The summed E-state index contributed by atoms with van der Waals surface area (Å²) in [5.41, 5.74) is 7.74. The molecule has 3 heterocycles. The van der Waals surface area contributed by atoms with Gasteiger partial charge < -0.3 is 10.3 Å². The fourth-order valence-electron chi connectivity index (χ4n) is 5.92. The first-order valence-corrected chi connectivity index (χ1v) is 14.2. The molecule has 2 atom stereocenters. The molecule has 2 N–H and O–H groups in total. The maximum Gasteiger partial charge on any atom is 0.251 e. The highest BCUT2D eigenvalue weighted by atomic mass is 35.5. The van der Waals surface area contributed by atoms with Crippen LogP contribution < -0.4 is 5.32 Å². The van der Waals surface area contributed by atoms with Gasteiger partial charge in [0.05, 0.1) is 11.7 Å². The molecule has 40 heavy (non-hydrogen) atoms. The van der Waals surface area contributed by atoms with Crippen molar-refractivity contribution < 1.29 is 4.79 Å². The van der Waals surface area contributed by atoms with E-state index in [1.54, 1.807) is 18.3 Å². The SMILES string of the molecule is CC(c1c[nH]c2ccccc12)N(Cc1cccc(CNC(=O)c2ccnc(Cl)c2)c1)C1CCCc2cccnc21. The number of aromatic amines is 1. The van der Waals surface area contributed by atoms with E-state index in [1.807, 2.05) is 18.3 Å². The lowest BCUT2D eigenvalue weighted by Crippen LogP contribution is -2.34. The second-order valence-electron chi connectivity index (χ2n) is 10.5. The van der Waals surface area contributed by atoms with Crippen molar-refractivity contribution in [2.24, 2.45) is 0 Å². The van der Waals surface area contributed by atoms with Gasteiger partial charge in [0, 0.05) is 54.2 Å². The average molecular weight is 550 g/mol. The van der Waals surface area contributed by atoms with E-state index in [9.17, 15) is 4.79 Å². The summed E-state index contributed by atoms with van der Waals surface area (Å²) in [6.45, 7) is 3.50. The number of nitrogens with one attached hydrogen (secondary N) is 2. The van der Waals surface area contributed by atoms with Crippen molar-refractivity contribution in [1.29, 1.82) is 0 Å². The van der Waals surface area contributed by atoms with Gasteiger partial charge >= 0.3 is 0 Å². The van der Waals surface area contributed by atoms with Crippen LogP contribution in [0.2, 0.25) is 5.15 Å². The lowest BCUT2D eigenvalue weighted by atomic mass is 9.89. The van der Waals surface area contributed by atoms with Gasteiger partial charge in [0.15, 0.2) is 0 Å². The Morgan fingerprint density at radius 2 is 1.93 bits per heavy atom. The third-order valence-corrected chi connectivity index (χ3v) is 8.14. The van der Waals surface area contributed by atoms with Gasteiger partial charge in [0.25, 0.3) is 5.91 Å². The first-order valence-electron chi connectivity index (χ1n) is 13.8. The largest absolute Gasteiger partial charge is 0.361 e. The average Bonchev–Trinajstić information content (AvgIpc) is 3.43. The number of aromatic nitrogens is 3. The minimum Gasteiger partial charge on any atom is -0.361 e. The maximum absolute atomic E-state index is 12.7. The molecule has 1 aliphatic rings. The minimum absolute atomic E-state index is 0.161. The number of fused-ring (bicyclic) bond motifs is 2. The zero-order valence-electron chi connectivity index (χ0n) is 22.5. The number of halogens is 1. The second-order valence-corrected chi connectivity index (χ2v) is 10.9. The summed E-state index contributed by atoms with van der Waals surface area (Å²) in [6.07, 6.45) is 8.91. The number of H-pyrrole nitrogens is 1. The van der Waals surface area contributed by atoms with E-state index in [1.165, 1.54) is 27.8 Å². The molecule has 6 nitrogen and oxygen atoms in total. The van der Waals surface area contributed by atoms with Gasteiger partial charge in [0.1, 0.15) is 5.15 Å². The smallest absolute Gasteiger partial charge is 0.251 e. The molecule has 0 aliphatic heterocycles. The van der Waals surface area contributed by atoms with Crippen LogP contribution in [0.4, 0.5) is 0 Å². The lowest BCUT2D eigenvalue weighted by molar-refractivity contribution is 0.0950. The van der Waals surface area contributed by atoms with Crippen LogP contribution in [0.1, 0.15) is 70.2 Å². The van der Waals surface area contributed by atoms with E-state index in [2.05, 4.69) is 81.8 Å². The molecule has 1 amide bonds. The number of rotatable bonds is 8. The summed E-state index contributed by atoms with van der Waals surface area (Å²) < 4.78 is 0. The Morgan fingerprint density at radius 1 is 1.05 bits per heavy atom. The van der Waals surface area contributed by atoms with Gasteiger partial charge in [-0.3, -0.25) is 14.7 Å². The lowest BCUT2D eigenvalue weighted by Gasteiger charge is -2.39. The Labute approximate surface area is 239 Å². The molecule has 7 heteroatoms. The maximum atomic E-state index is 12.7. The molecule has 0 bridgehead atoms. The second kappa shape index (κ2) is 11.6. The number of nitrogens with zero attached hydrogens (tertiary/aromatic N) is 3. The molecule has 3 aromatic heterocycles. The molecule has 6 rings (SSSR count). The van der Waals surface area contributed by atoms with Crippen LogP contribution in [0, 0.1) is 0 Å². The van der Waals surface area contributed by atoms with Gasteiger partial charge in [-0.1, -0.05) is 60.1 Å². The van der Waals surface area contributed by atoms with Crippen molar-refractivity contribution >= 4 is 28.4 Å². The fourth-order valence-corrected chi connectivity index (χ4v) is 6.09. The zero-order chi connectivity index (χ0) is 27.5. The monoisotopic (exact) mass is 549 g/mol. The van der Waals surface area contributed by atoms with Crippen molar-refractivity contribution in [3.63, 3.8) is 0 Å². The minimum atomic E-state index is -0.172. The Bertz CT molecular complexity index is 1650. The van der Waals surface area contributed by atoms with Gasteiger partial charge in [-0.15, -0.1) is 0 Å². The molecule has 202 valence electrons. The highest BCUT2D eigenvalue weighted by Gasteiger charge is 2.31. The van der Waals surface area contributed by atoms with E-state index < -0.39 is 0 Å². The van der Waals surface area contributed by atoms with E-state index in [-0.39, 0.29) is 18.0 Å². The van der Waals surface area contributed by atoms with Gasteiger partial charge in [-0.25, -0.2) is 4.98 Å². The molecule has 1 aliphatic carbocycles. The summed E-state index contributed by atoms with van der Waals surface area (Å²) >= 11 is 5.96. The number of amides is 1. The van der Waals surface area contributed by atoms with Crippen LogP contribution in [-0.2, 0) is 19.5 Å². The molecule has 0 radical (unpaired) electrons. The number of aryl methyl sites for hydroxylation is 1. The van der Waals surface area contributed by atoms with Crippen LogP contribution in [0.15, 0.2) is 91.4 Å². The quantitative estimate of drug-likeness (QED) is 0.201. The van der Waals surface area contributed by atoms with Crippen molar-refractivity contribution in [2.75, 3.05) is 0 Å². The standard InChI is InChI=1S/C33H32ClN5O/c1-22(28-20-37-29-12-3-2-11-27(28)29)39(30-13-5-9-25-10-6-15-36-32(25)30)21-24-8-4-7-23(17-24)19-38-33(40)26-14-16-35-31(34)18-26/h2-4,6-8,10-12,14-18,20,22,30,37H,5,9,13,19,21H2,1H3,(H,38,40). The van der Waals surface area contributed by atoms with Crippen LogP contribution in [-0.4, -0.2) is 25.8 Å². The molecule has 2 aromatic carbocycles. The number of hydrogen-bond donors (Lipinski definition) is 2. The Kier molecular flexibility index (Phi) is 7.62. The zero-order valence-corrected chi connectivity index (χ0v) is 23.2. The molecule has 0 saturated carbocycles. The molecule has 0 fully saturated rings. The van der Waals surface area contributed by atoms with Crippen molar-refractivity contribution in [2.45, 2.75) is 51.4 Å². The van der Waals surface area contributed by atoms with E-state index in [0.717, 1.165) is 36.9 Å². The number of carbonyl (C=O) groups is 1. The first-order chi connectivity index (χ1) is 19.6. The predicted octanol–water partition coefficient (Wildman–Crippen LogP) is 7.18. The summed E-state index contributed by atoms with van der Waals surface area (Å²) in [6, 6.07) is 24.9. The van der Waals surface area contributed by atoms with Crippen molar-refractivity contribution in [3.8, 4) is 0 Å². The molecule has 0 spiro atoms. The summed E-state index contributed by atoms with van der Waals surface area (Å²) in [4.78, 5) is 27.6. The highest BCUT2D eigenvalue weighted by Crippen LogP contribution is 2.40. The fraction of sp³-hybridized carbons (Fsp3) is 0.242. The number of pyridine rings is 2. The molecular weight excluding hydrogens is 518 g/mol. The van der Waals surface area contributed by atoms with Gasteiger partial charge in [-0.2, -0.15) is 0 Å². The molecule has 5 aromatic rings. The van der Waals surface area contributed by atoms with E-state index in [0.29, 0.717) is 17.3 Å². The first kappa shape index (κ1) is 26.2. The number of hydrogen-bond acceptors (Lipinski definition) is 4. The third-order valence-electron chi connectivity index (χ3n) is 7.93. The van der Waals surface area contributed by atoms with Crippen LogP contribution in [0.25, 0.3) is 10.9 Å². The van der Waals surface area contributed by atoms with Crippen LogP contribution in [0.5, 0.6) is 0 Å². The third kappa shape index (κ3) is 5.51. The number of para-hydroxylation sites is 1. The predicted molar refractivity (Wildman–Crippen MR) is 159 cm³/mol. The molecular formula is C33H32ClN5O. The van der Waals surface area contributed by atoms with Crippen LogP contribution >= 0.6 is 11.6 Å². The molecule has 0 saturated heterocycles. The topological polar surface area (TPSA) is 73.9 Å². The highest BCUT2D eigenvalue weighted by molar-refractivity contribution is 6.29. The Morgan fingerprint density at radius 3 is 2.83 bits per heavy atom. The summed E-state index contributed by atoms with van der Waals surface area (Å²) in [5.74, 6) is -0.172. The number of carbonyl (C=O) groups excluding carboxylic acids is 1. The molecule has 2 unspecified atom stereocenters. The summed E-state index contributed by atoms with van der Waals surface area (Å²) in [5, 5.41) is 4.57. The van der Waals surface area contributed by atoms with Gasteiger partial charge in [-0.05, 0) is 72.7 Å². The Balaban J connectivity index is 1.28. The van der Waals surface area contributed by atoms with Crippen LogP contribution in [0.3, 0.4) is 0 Å². The van der Waals surface area contributed by atoms with Crippen molar-refractivity contribution in [1.82, 2.24) is 25.2 Å². The van der Waals surface area contributed by atoms with E-state index >= 15 is 0 Å². The summed E-state index contributed by atoms with van der Waals surface area (Å²) in [7, 11) is 0. The van der Waals surface area contributed by atoms with E-state index in [4.69, 9.17) is 16.6 Å².